The SMILES string of the molecule is CNCCCN(C)S(=O)(=O)NC1CCOc2ccccc21. The van der Waals surface area contributed by atoms with Gasteiger partial charge < -0.3 is 10.1 Å². The minimum Gasteiger partial charge on any atom is -0.493 e. The van der Waals surface area contributed by atoms with Gasteiger partial charge in [0.1, 0.15) is 5.75 Å². The number of nitrogens with zero attached hydrogens (tertiary/aromatic N) is 1. The summed E-state index contributed by atoms with van der Waals surface area (Å²) in [7, 11) is -0.0298. The number of benzene rings is 1. The highest BCUT2D eigenvalue weighted by atomic mass is 32.2. The number of hydrogen-bond acceptors (Lipinski definition) is 4. The van der Waals surface area contributed by atoms with Crippen LogP contribution in [-0.2, 0) is 10.2 Å². The van der Waals surface area contributed by atoms with Gasteiger partial charge in [-0.05, 0) is 26.1 Å². The van der Waals surface area contributed by atoms with Crippen LogP contribution >= 0.6 is 0 Å². The van der Waals surface area contributed by atoms with Crippen LogP contribution < -0.4 is 14.8 Å². The van der Waals surface area contributed by atoms with E-state index in [-0.39, 0.29) is 6.04 Å². The van der Waals surface area contributed by atoms with Crippen LogP contribution in [0.1, 0.15) is 24.4 Å². The summed E-state index contributed by atoms with van der Waals surface area (Å²) in [6, 6.07) is 7.33. The Labute approximate surface area is 126 Å². The first-order valence-electron chi connectivity index (χ1n) is 7.14. The maximum atomic E-state index is 12.4. The van der Waals surface area contributed by atoms with Gasteiger partial charge in [0, 0.05) is 25.6 Å². The molecule has 0 aromatic heterocycles. The maximum absolute atomic E-state index is 12.4. The lowest BCUT2D eigenvalue weighted by atomic mass is 10.0. The molecule has 1 unspecified atom stereocenters. The monoisotopic (exact) mass is 313 g/mol. The average Bonchev–Trinajstić information content (AvgIpc) is 2.47. The molecule has 2 rings (SSSR count). The fraction of sp³-hybridized carbons (Fsp3) is 0.571. The zero-order chi connectivity index (χ0) is 15.3. The molecule has 0 spiro atoms. The molecule has 2 N–H and O–H groups in total. The largest absolute Gasteiger partial charge is 0.493 e. The summed E-state index contributed by atoms with van der Waals surface area (Å²) >= 11 is 0. The molecule has 0 saturated heterocycles. The highest BCUT2D eigenvalue weighted by Crippen LogP contribution is 2.32. The second kappa shape index (κ2) is 7.22. The van der Waals surface area contributed by atoms with Crippen molar-refractivity contribution in [2.24, 2.45) is 0 Å². The third kappa shape index (κ3) is 4.16. The molecule has 7 heteroatoms. The predicted octanol–water partition coefficient (Wildman–Crippen LogP) is 0.886. The zero-order valence-corrected chi connectivity index (χ0v) is 13.3. The highest BCUT2D eigenvalue weighted by molar-refractivity contribution is 7.87. The van der Waals surface area contributed by atoms with Gasteiger partial charge in [0.15, 0.2) is 0 Å². The smallest absolute Gasteiger partial charge is 0.279 e. The van der Waals surface area contributed by atoms with Crippen LogP contribution in [0.4, 0.5) is 0 Å². The summed E-state index contributed by atoms with van der Waals surface area (Å²) in [5.41, 5.74) is 0.899. The number of fused-ring (bicyclic) bond motifs is 1. The molecular weight excluding hydrogens is 290 g/mol. The number of ether oxygens (including phenoxy) is 1. The van der Waals surface area contributed by atoms with Gasteiger partial charge in [-0.15, -0.1) is 0 Å². The van der Waals surface area contributed by atoms with Crippen molar-refractivity contribution in [1.82, 2.24) is 14.3 Å². The molecule has 0 aliphatic carbocycles. The summed E-state index contributed by atoms with van der Waals surface area (Å²) in [4.78, 5) is 0. The standard InChI is InChI=1S/C14H23N3O3S/c1-15-9-5-10-17(2)21(18,19)16-13-8-11-20-14-7-4-3-6-12(13)14/h3-4,6-7,13,15-16H,5,8-11H2,1-2H3. The van der Waals surface area contributed by atoms with Crippen molar-refractivity contribution in [3.63, 3.8) is 0 Å². The van der Waals surface area contributed by atoms with Crippen molar-refractivity contribution < 1.29 is 13.2 Å². The summed E-state index contributed by atoms with van der Waals surface area (Å²) in [6.07, 6.45) is 1.42. The van der Waals surface area contributed by atoms with Gasteiger partial charge in [-0.2, -0.15) is 17.4 Å². The molecule has 0 bridgehead atoms. The molecule has 0 saturated carbocycles. The van der Waals surface area contributed by atoms with Crippen LogP contribution in [-0.4, -0.2) is 46.5 Å². The Hall–Kier alpha value is -1.15. The first-order valence-corrected chi connectivity index (χ1v) is 8.58. The number of nitrogens with one attached hydrogen (secondary N) is 2. The Morgan fingerprint density at radius 2 is 2.14 bits per heavy atom. The zero-order valence-electron chi connectivity index (χ0n) is 12.5. The Morgan fingerprint density at radius 1 is 1.38 bits per heavy atom. The van der Waals surface area contributed by atoms with Crippen molar-refractivity contribution >= 4 is 10.2 Å². The van der Waals surface area contributed by atoms with Crippen LogP contribution in [0.15, 0.2) is 24.3 Å². The Morgan fingerprint density at radius 3 is 2.90 bits per heavy atom. The second-order valence-electron chi connectivity index (χ2n) is 5.13. The highest BCUT2D eigenvalue weighted by Gasteiger charge is 2.27. The Bertz CT molecular complexity index is 562. The van der Waals surface area contributed by atoms with Gasteiger partial charge >= 0.3 is 0 Å². The van der Waals surface area contributed by atoms with E-state index in [0.29, 0.717) is 19.6 Å². The normalized spacial score (nSPS) is 18.3. The average molecular weight is 313 g/mol. The van der Waals surface area contributed by atoms with E-state index in [1.165, 1.54) is 4.31 Å². The summed E-state index contributed by atoms with van der Waals surface area (Å²) in [6.45, 7) is 1.80. The summed E-state index contributed by atoms with van der Waals surface area (Å²) < 4.78 is 34.4. The molecule has 1 aliphatic heterocycles. The van der Waals surface area contributed by atoms with Gasteiger partial charge in [-0.3, -0.25) is 0 Å². The van der Waals surface area contributed by atoms with E-state index in [1.54, 1.807) is 7.05 Å². The molecule has 1 atom stereocenters. The van der Waals surface area contributed by atoms with E-state index in [0.717, 1.165) is 24.3 Å². The molecular formula is C14H23N3O3S. The molecule has 1 heterocycles. The third-order valence-corrected chi connectivity index (χ3v) is 5.15. The van der Waals surface area contributed by atoms with E-state index >= 15 is 0 Å². The van der Waals surface area contributed by atoms with E-state index in [2.05, 4.69) is 10.0 Å². The summed E-state index contributed by atoms with van der Waals surface area (Å²) in [5.74, 6) is 0.759. The fourth-order valence-electron chi connectivity index (χ4n) is 2.33. The minimum atomic E-state index is -3.48. The molecule has 21 heavy (non-hydrogen) atoms. The molecule has 6 nitrogen and oxygen atoms in total. The van der Waals surface area contributed by atoms with Gasteiger partial charge in [0.2, 0.25) is 0 Å². The molecule has 0 amide bonds. The van der Waals surface area contributed by atoms with Crippen LogP contribution in [0.5, 0.6) is 5.75 Å². The molecule has 1 aromatic rings. The van der Waals surface area contributed by atoms with Crippen LogP contribution in [0.25, 0.3) is 0 Å². The minimum absolute atomic E-state index is 0.230. The van der Waals surface area contributed by atoms with E-state index in [4.69, 9.17) is 4.74 Å². The van der Waals surface area contributed by atoms with Crippen molar-refractivity contribution in [3.8, 4) is 5.75 Å². The lowest BCUT2D eigenvalue weighted by Crippen LogP contribution is -2.42. The Kier molecular flexibility index (Phi) is 5.58. The predicted molar refractivity (Wildman–Crippen MR) is 82.5 cm³/mol. The van der Waals surface area contributed by atoms with Crippen molar-refractivity contribution in [1.29, 1.82) is 0 Å². The molecule has 0 fully saturated rings. The van der Waals surface area contributed by atoms with Crippen LogP contribution in [0.2, 0.25) is 0 Å². The van der Waals surface area contributed by atoms with E-state index in [1.807, 2.05) is 31.3 Å². The number of para-hydroxylation sites is 1. The van der Waals surface area contributed by atoms with Gasteiger partial charge in [0.05, 0.1) is 12.6 Å². The lowest BCUT2D eigenvalue weighted by molar-refractivity contribution is 0.261. The first kappa shape index (κ1) is 16.2. The van der Waals surface area contributed by atoms with Gasteiger partial charge in [-0.25, -0.2) is 0 Å². The first-order chi connectivity index (χ1) is 10.0. The fourth-order valence-corrected chi connectivity index (χ4v) is 3.49. The van der Waals surface area contributed by atoms with Gasteiger partial charge in [-0.1, -0.05) is 18.2 Å². The van der Waals surface area contributed by atoms with Crippen molar-refractivity contribution in [3.05, 3.63) is 29.8 Å². The van der Waals surface area contributed by atoms with E-state index in [9.17, 15) is 8.42 Å². The molecule has 118 valence electrons. The third-order valence-electron chi connectivity index (χ3n) is 3.56. The second-order valence-corrected chi connectivity index (χ2v) is 6.94. The molecule has 1 aromatic carbocycles. The lowest BCUT2D eigenvalue weighted by Gasteiger charge is -2.28. The Balaban J connectivity index is 2.04. The van der Waals surface area contributed by atoms with E-state index < -0.39 is 10.2 Å². The maximum Gasteiger partial charge on any atom is 0.279 e. The van der Waals surface area contributed by atoms with Crippen molar-refractivity contribution in [2.75, 3.05) is 33.8 Å². The molecule has 1 aliphatic rings. The number of hydrogen-bond donors (Lipinski definition) is 2. The van der Waals surface area contributed by atoms with Crippen LogP contribution in [0, 0.1) is 0 Å². The summed E-state index contributed by atoms with van der Waals surface area (Å²) in [5, 5.41) is 3.01. The molecule has 0 radical (unpaired) electrons. The van der Waals surface area contributed by atoms with Crippen molar-refractivity contribution in [2.45, 2.75) is 18.9 Å². The topological polar surface area (TPSA) is 70.7 Å². The van der Waals surface area contributed by atoms with Crippen LogP contribution in [0.3, 0.4) is 0 Å². The quantitative estimate of drug-likeness (QED) is 0.733. The number of rotatable bonds is 7. The van der Waals surface area contributed by atoms with Gasteiger partial charge in [0.25, 0.3) is 10.2 Å².